The number of hydrogen-bond donors (Lipinski definition) is 3. The predicted molar refractivity (Wildman–Crippen MR) is 127 cm³/mol. The van der Waals surface area contributed by atoms with Crippen LogP contribution in [0.25, 0.3) is 17.5 Å². The molecule has 1 aromatic heterocycles. The lowest BCUT2D eigenvalue weighted by Crippen LogP contribution is -2.20. The van der Waals surface area contributed by atoms with Gasteiger partial charge in [0.15, 0.2) is 5.82 Å². The molecule has 1 aliphatic carbocycles. The summed E-state index contributed by atoms with van der Waals surface area (Å²) in [6.07, 6.45) is 4.95. The Balaban J connectivity index is 0.000000860. The second kappa shape index (κ2) is 10.9. The molecule has 0 radical (unpaired) electrons. The zero-order valence-corrected chi connectivity index (χ0v) is 19.3. The molecule has 1 fully saturated rings. The zero-order valence-electron chi connectivity index (χ0n) is 19.3. The molecule has 4 rings (SSSR count). The molecule has 0 unspecified atom stereocenters. The minimum absolute atomic E-state index is 0.205. The van der Waals surface area contributed by atoms with Gasteiger partial charge in [-0.2, -0.15) is 5.10 Å². The number of aromatic nitrogens is 3. The van der Waals surface area contributed by atoms with Crippen molar-refractivity contribution in [2.45, 2.75) is 53.0 Å². The maximum absolute atomic E-state index is 14.5. The Bertz CT molecular complexity index is 1080. The van der Waals surface area contributed by atoms with Crippen molar-refractivity contribution in [3.8, 4) is 11.4 Å². The van der Waals surface area contributed by atoms with Crippen molar-refractivity contribution in [2.24, 2.45) is 5.73 Å². The Morgan fingerprint density at radius 3 is 2.31 bits per heavy atom. The van der Waals surface area contributed by atoms with E-state index in [4.69, 9.17) is 11.1 Å². The van der Waals surface area contributed by atoms with Crippen molar-refractivity contribution in [3.05, 3.63) is 76.6 Å². The van der Waals surface area contributed by atoms with E-state index in [2.05, 4.69) is 15.2 Å². The summed E-state index contributed by atoms with van der Waals surface area (Å²) >= 11 is 0. The van der Waals surface area contributed by atoms with Gasteiger partial charge >= 0.3 is 0 Å². The molecule has 32 heavy (non-hydrogen) atoms. The normalized spacial score (nSPS) is 13.6. The second-order valence-corrected chi connectivity index (χ2v) is 7.11. The number of halogens is 2. The molecule has 170 valence electrons. The summed E-state index contributed by atoms with van der Waals surface area (Å²) in [5, 5.41) is 15.3. The fourth-order valence-electron chi connectivity index (χ4n) is 2.95. The predicted octanol–water partition coefficient (Wildman–Crippen LogP) is 6.14. The van der Waals surface area contributed by atoms with Crippen LogP contribution in [0.3, 0.4) is 0 Å². The average Bonchev–Trinajstić information content (AvgIpc) is 3.35. The van der Waals surface area contributed by atoms with Crippen molar-refractivity contribution < 1.29 is 8.78 Å². The molecule has 0 atom stereocenters. The van der Waals surface area contributed by atoms with Gasteiger partial charge in [-0.3, -0.25) is 5.10 Å². The lowest BCUT2D eigenvalue weighted by molar-refractivity contribution is 0.627. The minimum Gasteiger partial charge on any atom is -0.319 e. The highest BCUT2D eigenvalue weighted by Gasteiger charge is 2.43. The number of nitrogens with two attached hydrogens (primary N) is 1. The fraction of sp³-hybridized carbons (Fsp3) is 0.320. The maximum Gasteiger partial charge on any atom is 0.184 e. The van der Waals surface area contributed by atoms with E-state index in [9.17, 15) is 8.78 Å². The van der Waals surface area contributed by atoms with Gasteiger partial charge in [-0.05, 0) is 61.2 Å². The first-order valence-electron chi connectivity index (χ1n) is 10.9. The molecule has 2 aromatic carbocycles. The third-order valence-corrected chi connectivity index (χ3v) is 4.90. The second-order valence-electron chi connectivity index (χ2n) is 7.11. The Morgan fingerprint density at radius 2 is 1.72 bits per heavy atom. The number of hydrogen-bond acceptors (Lipinski definition) is 4. The van der Waals surface area contributed by atoms with E-state index < -0.39 is 11.4 Å². The lowest BCUT2D eigenvalue weighted by atomic mass is 9.99. The molecule has 1 heterocycles. The fourth-order valence-corrected chi connectivity index (χ4v) is 2.95. The van der Waals surface area contributed by atoms with Crippen molar-refractivity contribution in [2.75, 3.05) is 0 Å². The average molecular weight is 440 g/mol. The maximum atomic E-state index is 14.5. The van der Waals surface area contributed by atoms with E-state index in [1.54, 1.807) is 37.3 Å². The molecule has 4 N–H and O–H groups in total. The molecule has 1 saturated carbocycles. The number of nitrogens with one attached hydrogen (secondary N) is 2. The largest absolute Gasteiger partial charge is 0.319 e. The van der Waals surface area contributed by atoms with Crippen LogP contribution in [-0.2, 0) is 5.54 Å². The van der Waals surface area contributed by atoms with Crippen LogP contribution >= 0.6 is 0 Å². The van der Waals surface area contributed by atoms with Gasteiger partial charge in [0.1, 0.15) is 17.5 Å². The van der Waals surface area contributed by atoms with Crippen LogP contribution in [-0.4, -0.2) is 20.9 Å². The van der Waals surface area contributed by atoms with E-state index in [-0.39, 0.29) is 22.9 Å². The Morgan fingerprint density at radius 1 is 1.09 bits per heavy atom. The standard InChI is InChI=1S/C21H19F2N5.2C2H6/c1-12-10-17(23)16(19-26-20(28-27-19)21(25)8-9-21)11-15(12)18(24)7-4-13-2-5-14(22)6-3-13;2*1-2/h2-7,10-11,24H,8-9,25H2,1H3,(H,26,27,28);2*1-2H3/b7-4+,24-18?;;. The van der Waals surface area contributed by atoms with Crippen LogP contribution in [0.15, 0.2) is 42.5 Å². The molecule has 0 amide bonds. The Labute approximate surface area is 188 Å². The molecule has 5 nitrogen and oxygen atoms in total. The highest BCUT2D eigenvalue weighted by molar-refractivity contribution is 6.10. The zero-order chi connectivity index (χ0) is 23.9. The van der Waals surface area contributed by atoms with E-state index in [0.29, 0.717) is 17.0 Å². The van der Waals surface area contributed by atoms with Gasteiger partial charge in [0.05, 0.1) is 16.8 Å². The number of aryl methyl sites for hydroxylation is 1. The van der Waals surface area contributed by atoms with Gasteiger partial charge in [0.2, 0.25) is 0 Å². The number of allylic oxidation sites excluding steroid dienone is 1. The lowest BCUT2D eigenvalue weighted by Gasteiger charge is -2.08. The molecule has 0 bridgehead atoms. The first kappa shape index (κ1) is 25.1. The quantitative estimate of drug-likeness (QED) is 0.417. The molecule has 3 aromatic rings. The number of benzene rings is 2. The topological polar surface area (TPSA) is 91.4 Å². The number of rotatable bonds is 5. The third kappa shape index (κ3) is 5.73. The molecule has 0 spiro atoms. The summed E-state index contributed by atoms with van der Waals surface area (Å²) in [5.74, 6) is 0.00246. The van der Waals surface area contributed by atoms with Crippen LogP contribution in [0.5, 0.6) is 0 Å². The van der Waals surface area contributed by atoms with Crippen molar-refractivity contribution >= 4 is 11.8 Å². The molecule has 0 aliphatic heterocycles. The van der Waals surface area contributed by atoms with E-state index >= 15 is 0 Å². The summed E-state index contributed by atoms with van der Waals surface area (Å²) in [6, 6.07) is 8.90. The van der Waals surface area contributed by atoms with Gasteiger partial charge in [0, 0.05) is 5.56 Å². The van der Waals surface area contributed by atoms with Crippen LogP contribution in [0.2, 0.25) is 0 Å². The number of aromatic amines is 1. The van der Waals surface area contributed by atoms with Crippen LogP contribution < -0.4 is 5.73 Å². The molecular formula is C25H31F2N5. The monoisotopic (exact) mass is 439 g/mol. The highest BCUT2D eigenvalue weighted by Crippen LogP contribution is 2.41. The van der Waals surface area contributed by atoms with Crippen molar-refractivity contribution in [1.82, 2.24) is 15.2 Å². The van der Waals surface area contributed by atoms with Gasteiger partial charge in [-0.15, -0.1) is 0 Å². The number of H-pyrrole nitrogens is 1. The van der Waals surface area contributed by atoms with E-state index in [1.807, 2.05) is 27.7 Å². The molecule has 7 heteroatoms. The first-order chi connectivity index (χ1) is 15.4. The Kier molecular flexibility index (Phi) is 8.55. The van der Waals surface area contributed by atoms with Gasteiger partial charge < -0.3 is 11.1 Å². The van der Waals surface area contributed by atoms with Gasteiger partial charge in [0.25, 0.3) is 0 Å². The van der Waals surface area contributed by atoms with Gasteiger partial charge in [-0.1, -0.05) is 45.9 Å². The molecule has 1 aliphatic rings. The van der Waals surface area contributed by atoms with Crippen molar-refractivity contribution in [3.63, 3.8) is 0 Å². The van der Waals surface area contributed by atoms with Crippen LogP contribution in [0, 0.1) is 24.0 Å². The summed E-state index contributed by atoms with van der Waals surface area (Å²) < 4.78 is 27.5. The third-order valence-electron chi connectivity index (χ3n) is 4.90. The van der Waals surface area contributed by atoms with Crippen LogP contribution in [0.4, 0.5) is 8.78 Å². The smallest absolute Gasteiger partial charge is 0.184 e. The first-order valence-corrected chi connectivity index (χ1v) is 10.9. The van der Waals surface area contributed by atoms with Crippen molar-refractivity contribution in [1.29, 1.82) is 5.41 Å². The summed E-state index contributed by atoms with van der Waals surface area (Å²) in [4.78, 5) is 4.35. The van der Waals surface area contributed by atoms with E-state index in [0.717, 1.165) is 18.4 Å². The summed E-state index contributed by atoms with van der Waals surface area (Å²) in [6.45, 7) is 9.74. The molecular weight excluding hydrogens is 408 g/mol. The Hall–Kier alpha value is -3.19. The molecule has 0 saturated heterocycles. The highest BCUT2D eigenvalue weighted by atomic mass is 19.1. The van der Waals surface area contributed by atoms with E-state index in [1.165, 1.54) is 18.2 Å². The SMILES string of the molecule is CC.CC.Cc1cc(F)c(-c2n[nH]c(C3(N)CC3)n2)cc1C(=N)/C=C/c1ccc(F)cc1. The summed E-state index contributed by atoms with van der Waals surface area (Å²) in [7, 11) is 0. The van der Waals surface area contributed by atoms with Gasteiger partial charge in [-0.25, -0.2) is 13.8 Å². The number of nitrogens with zero attached hydrogens (tertiary/aromatic N) is 2. The summed E-state index contributed by atoms with van der Waals surface area (Å²) in [5.41, 5.74) is 8.00. The minimum atomic E-state index is -0.486. The van der Waals surface area contributed by atoms with Crippen LogP contribution in [0.1, 0.15) is 63.1 Å².